The quantitative estimate of drug-likeness (QED) is 0.860. The van der Waals surface area contributed by atoms with Crippen molar-refractivity contribution in [2.45, 2.75) is 6.54 Å². The van der Waals surface area contributed by atoms with Gasteiger partial charge in [-0.2, -0.15) is 0 Å². The topological polar surface area (TPSA) is 53.0 Å². The Kier molecular flexibility index (Phi) is 4.01. The normalized spacial score (nSPS) is 19.1. The second kappa shape index (κ2) is 6.09. The van der Waals surface area contributed by atoms with Crippen LogP contribution in [0.2, 0.25) is 0 Å². The molecule has 3 heterocycles. The van der Waals surface area contributed by atoms with Crippen molar-refractivity contribution in [3.8, 4) is 0 Å². The van der Waals surface area contributed by atoms with E-state index in [4.69, 9.17) is 4.74 Å². The number of ether oxygens (including phenoxy) is 1. The Morgan fingerprint density at radius 2 is 2.10 bits per heavy atom. The summed E-state index contributed by atoms with van der Waals surface area (Å²) in [6.45, 7) is 6.07. The lowest BCUT2D eigenvalue weighted by Crippen LogP contribution is -2.37. The summed E-state index contributed by atoms with van der Waals surface area (Å²) in [6, 6.07) is 4.21. The smallest absolute Gasteiger partial charge is 0.194 e. The zero-order valence-corrected chi connectivity index (χ0v) is 11.9. The minimum atomic E-state index is 0.763. The molecular formula is C14H21N5O. The molecule has 1 N–H and O–H groups in total. The number of aromatic nitrogens is 1. The minimum absolute atomic E-state index is 0.763. The van der Waals surface area contributed by atoms with Gasteiger partial charge < -0.3 is 19.9 Å². The number of hydrogen-bond donors (Lipinski definition) is 1. The summed E-state index contributed by atoms with van der Waals surface area (Å²) in [5.74, 6) is 2.01. The molecule has 1 fully saturated rings. The second-order valence-corrected chi connectivity index (χ2v) is 5.10. The van der Waals surface area contributed by atoms with Crippen LogP contribution in [-0.2, 0) is 11.3 Å². The van der Waals surface area contributed by atoms with E-state index < -0.39 is 0 Å². The van der Waals surface area contributed by atoms with Crippen LogP contribution in [-0.4, -0.2) is 62.3 Å². The molecule has 0 spiro atoms. The summed E-state index contributed by atoms with van der Waals surface area (Å²) >= 11 is 0. The standard InChI is InChI=1S/C14H21N5O/c1-18-5-4-15-14(18)17-11-12-2-3-13(16-10-12)19-6-8-20-9-7-19/h2-3,10H,4-9,11H2,1H3,(H,15,17). The first-order valence-corrected chi connectivity index (χ1v) is 7.10. The van der Waals surface area contributed by atoms with Crippen molar-refractivity contribution in [2.24, 2.45) is 4.99 Å². The fourth-order valence-corrected chi connectivity index (χ4v) is 2.41. The predicted molar refractivity (Wildman–Crippen MR) is 79.0 cm³/mol. The van der Waals surface area contributed by atoms with Crippen LogP contribution in [0, 0.1) is 0 Å². The molecule has 1 saturated heterocycles. The van der Waals surface area contributed by atoms with Crippen molar-refractivity contribution in [1.82, 2.24) is 15.2 Å². The molecule has 1 aromatic heterocycles. The molecule has 20 heavy (non-hydrogen) atoms. The lowest BCUT2D eigenvalue weighted by Gasteiger charge is -2.27. The Hall–Kier alpha value is -1.82. The van der Waals surface area contributed by atoms with E-state index in [9.17, 15) is 0 Å². The Balaban J connectivity index is 1.55. The molecule has 0 amide bonds. The highest BCUT2D eigenvalue weighted by Gasteiger charge is 2.13. The number of rotatable bonds is 3. The Morgan fingerprint density at radius 3 is 2.75 bits per heavy atom. The van der Waals surface area contributed by atoms with E-state index in [0.29, 0.717) is 0 Å². The molecule has 6 nitrogen and oxygen atoms in total. The molecule has 0 saturated carbocycles. The van der Waals surface area contributed by atoms with Crippen molar-refractivity contribution in [3.63, 3.8) is 0 Å². The van der Waals surface area contributed by atoms with Gasteiger partial charge in [-0.15, -0.1) is 0 Å². The van der Waals surface area contributed by atoms with E-state index in [1.165, 1.54) is 5.56 Å². The summed E-state index contributed by atoms with van der Waals surface area (Å²) in [5, 5.41) is 3.35. The van der Waals surface area contributed by atoms with Gasteiger partial charge in [-0.05, 0) is 11.6 Å². The maximum absolute atomic E-state index is 5.35. The van der Waals surface area contributed by atoms with Gasteiger partial charge in [0, 0.05) is 39.4 Å². The van der Waals surface area contributed by atoms with E-state index in [2.05, 4.69) is 44.3 Å². The third-order valence-corrected chi connectivity index (χ3v) is 3.65. The van der Waals surface area contributed by atoms with Gasteiger partial charge in [-0.25, -0.2) is 4.98 Å². The number of hydrogen-bond acceptors (Lipinski definition) is 6. The number of morpholine rings is 1. The Labute approximate surface area is 119 Å². The second-order valence-electron chi connectivity index (χ2n) is 5.10. The molecule has 3 rings (SSSR count). The fourth-order valence-electron chi connectivity index (χ4n) is 2.41. The van der Waals surface area contributed by atoms with Crippen molar-refractivity contribution in [3.05, 3.63) is 23.9 Å². The zero-order valence-electron chi connectivity index (χ0n) is 11.9. The van der Waals surface area contributed by atoms with Gasteiger partial charge >= 0.3 is 0 Å². The summed E-state index contributed by atoms with van der Waals surface area (Å²) in [5.41, 5.74) is 1.17. The van der Waals surface area contributed by atoms with Gasteiger partial charge in [0.1, 0.15) is 5.82 Å². The van der Waals surface area contributed by atoms with Gasteiger partial charge in [0.05, 0.1) is 19.8 Å². The minimum Gasteiger partial charge on any atom is -0.378 e. The largest absolute Gasteiger partial charge is 0.378 e. The van der Waals surface area contributed by atoms with Crippen LogP contribution in [0.15, 0.2) is 23.3 Å². The fraction of sp³-hybridized carbons (Fsp3) is 0.571. The Bertz CT molecular complexity index is 467. The third kappa shape index (κ3) is 3.01. The number of guanidine groups is 1. The molecule has 2 aliphatic heterocycles. The van der Waals surface area contributed by atoms with Gasteiger partial charge in [-0.3, -0.25) is 4.99 Å². The van der Waals surface area contributed by atoms with Crippen LogP contribution in [0.4, 0.5) is 5.82 Å². The molecule has 0 aliphatic carbocycles. The highest BCUT2D eigenvalue weighted by molar-refractivity contribution is 5.81. The van der Waals surface area contributed by atoms with Gasteiger partial charge in [-0.1, -0.05) is 6.07 Å². The number of likely N-dealkylation sites (N-methyl/N-ethyl adjacent to an activating group) is 1. The molecule has 1 aromatic rings. The Morgan fingerprint density at radius 1 is 1.25 bits per heavy atom. The van der Waals surface area contributed by atoms with Crippen LogP contribution in [0.5, 0.6) is 0 Å². The van der Waals surface area contributed by atoms with E-state index in [0.717, 1.165) is 57.7 Å². The van der Waals surface area contributed by atoms with Crippen LogP contribution < -0.4 is 10.2 Å². The molecular weight excluding hydrogens is 254 g/mol. The lowest BCUT2D eigenvalue weighted by molar-refractivity contribution is 0.122. The highest BCUT2D eigenvalue weighted by atomic mass is 16.5. The molecule has 0 atom stereocenters. The molecule has 0 bridgehead atoms. The zero-order chi connectivity index (χ0) is 13.8. The summed E-state index contributed by atoms with van der Waals surface area (Å²) < 4.78 is 5.35. The number of anilines is 1. The van der Waals surface area contributed by atoms with Crippen LogP contribution >= 0.6 is 0 Å². The van der Waals surface area contributed by atoms with E-state index in [1.807, 2.05) is 6.20 Å². The van der Waals surface area contributed by atoms with Gasteiger partial charge in [0.15, 0.2) is 5.96 Å². The third-order valence-electron chi connectivity index (χ3n) is 3.65. The molecule has 6 heteroatoms. The number of aliphatic imine (C=N–C) groups is 1. The van der Waals surface area contributed by atoms with Gasteiger partial charge in [0.2, 0.25) is 0 Å². The van der Waals surface area contributed by atoms with Crippen LogP contribution in [0.25, 0.3) is 0 Å². The summed E-state index contributed by atoms with van der Waals surface area (Å²) in [7, 11) is 2.05. The summed E-state index contributed by atoms with van der Waals surface area (Å²) in [4.78, 5) is 13.3. The monoisotopic (exact) mass is 275 g/mol. The first kappa shape index (κ1) is 13.2. The molecule has 2 aliphatic rings. The van der Waals surface area contributed by atoms with E-state index in [1.54, 1.807) is 0 Å². The molecule has 0 aromatic carbocycles. The lowest BCUT2D eigenvalue weighted by atomic mass is 10.2. The average molecular weight is 275 g/mol. The van der Waals surface area contributed by atoms with Crippen molar-refractivity contribution < 1.29 is 4.74 Å². The predicted octanol–water partition coefficient (Wildman–Crippen LogP) is 0.309. The number of pyridine rings is 1. The van der Waals surface area contributed by atoms with Crippen molar-refractivity contribution >= 4 is 11.8 Å². The van der Waals surface area contributed by atoms with Crippen molar-refractivity contribution in [2.75, 3.05) is 51.3 Å². The van der Waals surface area contributed by atoms with Crippen LogP contribution in [0.1, 0.15) is 5.56 Å². The number of nitrogens with zero attached hydrogens (tertiary/aromatic N) is 4. The van der Waals surface area contributed by atoms with E-state index >= 15 is 0 Å². The summed E-state index contributed by atoms with van der Waals surface area (Å²) in [6.07, 6.45) is 1.94. The van der Waals surface area contributed by atoms with Crippen molar-refractivity contribution in [1.29, 1.82) is 0 Å². The average Bonchev–Trinajstić information content (AvgIpc) is 2.92. The molecule has 108 valence electrons. The first-order chi connectivity index (χ1) is 9.83. The highest BCUT2D eigenvalue weighted by Crippen LogP contribution is 2.13. The maximum atomic E-state index is 5.35. The van der Waals surface area contributed by atoms with E-state index in [-0.39, 0.29) is 0 Å². The number of nitrogens with one attached hydrogen (secondary N) is 1. The first-order valence-electron chi connectivity index (χ1n) is 7.10. The molecule has 0 unspecified atom stereocenters. The molecule has 0 radical (unpaired) electrons. The SMILES string of the molecule is CN1CCN=C1NCc1ccc(N2CCOCC2)nc1. The van der Waals surface area contributed by atoms with Gasteiger partial charge in [0.25, 0.3) is 0 Å². The van der Waals surface area contributed by atoms with Crippen LogP contribution in [0.3, 0.4) is 0 Å². The maximum Gasteiger partial charge on any atom is 0.194 e.